The summed E-state index contributed by atoms with van der Waals surface area (Å²) in [4.78, 5) is 7.30. The van der Waals surface area contributed by atoms with Crippen molar-refractivity contribution in [3.63, 3.8) is 0 Å². The molecule has 0 amide bonds. The van der Waals surface area contributed by atoms with Gasteiger partial charge in [-0.2, -0.15) is 0 Å². The molecule has 0 aliphatic carbocycles. The van der Waals surface area contributed by atoms with E-state index in [1.165, 1.54) is 18.3 Å². The number of ether oxygens (including phenoxy) is 1. The third-order valence-corrected chi connectivity index (χ3v) is 3.43. The molecule has 0 fully saturated rings. The summed E-state index contributed by atoms with van der Waals surface area (Å²) in [7, 11) is 0. The standard InChI is InChI=1S/C18H13F3N2O/c19-15-8-13(14-9-22-11-23-17(14)18(20)21)6-7-16(15)24-10-12-4-2-1-3-5-12/h1-9,11,18H,10H2. The van der Waals surface area contributed by atoms with Gasteiger partial charge in [0.1, 0.15) is 18.6 Å². The normalized spacial score (nSPS) is 10.8. The molecule has 0 aliphatic heterocycles. The van der Waals surface area contributed by atoms with Crippen LogP contribution in [0.3, 0.4) is 0 Å². The molecule has 1 aromatic heterocycles. The minimum absolute atomic E-state index is 0.0537. The Hall–Kier alpha value is -2.89. The fourth-order valence-corrected chi connectivity index (χ4v) is 2.26. The van der Waals surface area contributed by atoms with Gasteiger partial charge < -0.3 is 4.74 Å². The number of hydrogen-bond donors (Lipinski definition) is 0. The van der Waals surface area contributed by atoms with E-state index in [2.05, 4.69) is 9.97 Å². The summed E-state index contributed by atoms with van der Waals surface area (Å²) in [6.45, 7) is 0.216. The molecule has 6 heteroatoms. The topological polar surface area (TPSA) is 35.0 Å². The van der Waals surface area contributed by atoms with Crippen molar-refractivity contribution in [2.75, 3.05) is 0 Å². The van der Waals surface area contributed by atoms with Crippen LogP contribution in [0.2, 0.25) is 0 Å². The molecule has 0 aliphatic rings. The number of halogens is 3. The molecule has 0 saturated heterocycles. The maximum Gasteiger partial charge on any atom is 0.281 e. The third-order valence-electron chi connectivity index (χ3n) is 3.43. The monoisotopic (exact) mass is 330 g/mol. The summed E-state index contributed by atoms with van der Waals surface area (Å²) >= 11 is 0. The van der Waals surface area contributed by atoms with E-state index in [9.17, 15) is 13.2 Å². The summed E-state index contributed by atoms with van der Waals surface area (Å²) in [6.07, 6.45) is -0.480. The van der Waals surface area contributed by atoms with Crippen LogP contribution in [0.15, 0.2) is 61.1 Å². The zero-order valence-corrected chi connectivity index (χ0v) is 12.5. The Labute approximate surface area is 136 Å². The predicted molar refractivity (Wildman–Crippen MR) is 83.2 cm³/mol. The number of alkyl halides is 2. The first-order valence-corrected chi connectivity index (χ1v) is 7.20. The second-order valence-corrected chi connectivity index (χ2v) is 5.04. The smallest absolute Gasteiger partial charge is 0.281 e. The fraction of sp³-hybridized carbons (Fsp3) is 0.111. The fourth-order valence-electron chi connectivity index (χ4n) is 2.26. The van der Waals surface area contributed by atoms with Crippen molar-refractivity contribution < 1.29 is 17.9 Å². The predicted octanol–water partition coefficient (Wildman–Crippen LogP) is 4.80. The zero-order valence-electron chi connectivity index (χ0n) is 12.5. The first-order valence-electron chi connectivity index (χ1n) is 7.20. The van der Waals surface area contributed by atoms with E-state index in [0.717, 1.165) is 18.0 Å². The van der Waals surface area contributed by atoms with Gasteiger partial charge in [0.2, 0.25) is 0 Å². The van der Waals surface area contributed by atoms with Gasteiger partial charge in [0.15, 0.2) is 11.6 Å². The highest BCUT2D eigenvalue weighted by atomic mass is 19.3. The minimum Gasteiger partial charge on any atom is -0.486 e. The number of aromatic nitrogens is 2. The Morgan fingerprint density at radius 2 is 1.83 bits per heavy atom. The highest BCUT2D eigenvalue weighted by Gasteiger charge is 2.17. The van der Waals surface area contributed by atoms with Gasteiger partial charge in [0.05, 0.1) is 0 Å². The summed E-state index contributed by atoms with van der Waals surface area (Å²) in [5.41, 5.74) is 0.844. The van der Waals surface area contributed by atoms with Crippen LogP contribution in [0.25, 0.3) is 11.1 Å². The van der Waals surface area contributed by atoms with E-state index >= 15 is 0 Å². The lowest BCUT2D eigenvalue weighted by Crippen LogP contribution is -1.99. The first kappa shape index (κ1) is 16.0. The second kappa shape index (κ2) is 7.12. The van der Waals surface area contributed by atoms with Crippen molar-refractivity contribution >= 4 is 0 Å². The van der Waals surface area contributed by atoms with Crippen molar-refractivity contribution in [2.24, 2.45) is 0 Å². The minimum atomic E-state index is -2.76. The molecule has 0 unspecified atom stereocenters. The summed E-state index contributed by atoms with van der Waals surface area (Å²) in [5, 5.41) is 0. The molecule has 0 saturated carbocycles. The SMILES string of the molecule is Fc1cc(-c2cncnc2C(F)F)ccc1OCc1ccccc1. The van der Waals surface area contributed by atoms with Gasteiger partial charge in [0, 0.05) is 11.8 Å². The van der Waals surface area contributed by atoms with Gasteiger partial charge in [-0.3, -0.25) is 0 Å². The van der Waals surface area contributed by atoms with Crippen LogP contribution in [0.5, 0.6) is 5.75 Å². The van der Waals surface area contributed by atoms with Crippen molar-refractivity contribution in [3.05, 3.63) is 78.1 Å². The molecular weight excluding hydrogens is 317 g/mol. The molecule has 2 aromatic carbocycles. The summed E-state index contributed by atoms with van der Waals surface area (Å²) < 4.78 is 45.6. The highest BCUT2D eigenvalue weighted by molar-refractivity contribution is 5.66. The van der Waals surface area contributed by atoms with Crippen LogP contribution in [0, 0.1) is 5.82 Å². The van der Waals surface area contributed by atoms with Crippen molar-refractivity contribution in [1.29, 1.82) is 0 Å². The molecule has 1 heterocycles. The van der Waals surface area contributed by atoms with Crippen LogP contribution in [0.4, 0.5) is 13.2 Å². The van der Waals surface area contributed by atoms with E-state index in [-0.39, 0.29) is 23.5 Å². The Morgan fingerprint density at radius 3 is 2.54 bits per heavy atom. The lowest BCUT2D eigenvalue weighted by molar-refractivity contribution is 0.146. The zero-order chi connectivity index (χ0) is 16.9. The van der Waals surface area contributed by atoms with Crippen molar-refractivity contribution in [2.45, 2.75) is 13.0 Å². The van der Waals surface area contributed by atoms with E-state index < -0.39 is 17.9 Å². The van der Waals surface area contributed by atoms with Gasteiger partial charge in [-0.1, -0.05) is 36.4 Å². The van der Waals surface area contributed by atoms with Gasteiger partial charge >= 0.3 is 0 Å². The lowest BCUT2D eigenvalue weighted by Gasteiger charge is -2.10. The Morgan fingerprint density at radius 1 is 1.04 bits per heavy atom. The highest BCUT2D eigenvalue weighted by Crippen LogP contribution is 2.31. The van der Waals surface area contributed by atoms with Gasteiger partial charge in [-0.25, -0.2) is 23.1 Å². The largest absolute Gasteiger partial charge is 0.486 e. The maximum absolute atomic E-state index is 14.2. The van der Waals surface area contributed by atoms with Crippen LogP contribution < -0.4 is 4.74 Å². The lowest BCUT2D eigenvalue weighted by atomic mass is 10.1. The second-order valence-electron chi connectivity index (χ2n) is 5.04. The molecule has 3 aromatic rings. The Bertz CT molecular complexity index is 826. The van der Waals surface area contributed by atoms with E-state index in [1.54, 1.807) is 0 Å². The summed E-state index contributed by atoms with van der Waals surface area (Å²) in [5.74, 6) is -0.578. The molecule has 0 atom stereocenters. The van der Waals surface area contributed by atoms with Gasteiger partial charge in [0.25, 0.3) is 6.43 Å². The van der Waals surface area contributed by atoms with Gasteiger partial charge in [-0.05, 0) is 23.3 Å². The number of rotatable bonds is 5. The average Bonchev–Trinajstić information content (AvgIpc) is 2.61. The third kappa shape index (κ3) is 3.53. The number of nitrogens with zero attached hydrogens (tertiary/aromatic N) is 2. The molecule has 3 rings (SSSR count). The molecule has 122 valence electrons. The van der Waals surface area contributed by atoms with Crippen LogP contribution in [-0.4, -0.2) is 9.97 Å². The maximum atomic E-state index is 14.2. The van der Waals surface area contributed by atoms with E-state index in [1.807, 2.05) is 30.3 Å². The number of benzene rings is 2. The van der Waals surface area contributed by atoms with Crippen LogP contribution >= 0.6 is 0 Å². The molecular formula is C18H13F3N2O. The van der Waals surface area contributed by atoms with Crippen LogP contribution in [0.1, 0.15) is 17.7 Å². The Kier molecular flexibility index (Phi) is 4.74. The first-order chi connectivity index (χ1) is 11.6. The molecule has 0 spiro atoms. The summed E-state index contributed by atoms with van der Waals surface area (Å²) in [6, 6.07) is 13.4. The molecule has 24 heavy (non-hydrogen) atoms. The van der Waals surface area contributed by atoms with Crippen molar-refractivity contribution in [1.82, 2.24) is 9.97 Å². The Balaban J connectivity index is 1.83. The van der Waals surface area contributed by atoms with Crippen LogP contribution in [-0.2, 0) is 6.61 Å². The molecule has 0 N–H and O–H groups in total. The quantitative estimate of drug-likeness (QED) is 0.674. The number of hydrogen-bond acceptors (Lipinski definition) is 3. The molecule has 0 bridgehead atoms. The van der Waals surface area contributed by atoms with E-state index in [4.69, 9.17) is 4.74 Å². The molecule has 3 nitrogen and oxygen atoms in total. The van der Waals surface area contributed by atoms with Gasteiger partial charge in [-0.15, -0.1) is 0 Å². The average molecular weight is 330 g/mol. The molecule has 0 radical (unpaired) electrons. The van der Waals surface area contributed by atoms with E-state index in [0.29, 0.717) is 0 Å². The van der Waals surface area contributed by atoms with Crippen molar-refractivity contribution in [3.8, 4) is 16.9 Å².